The Labute approximate surface area is 99.1 Å². The second kappa shape index (κ2) is 5.79. The van der Waals surface area contributed by atoms with Gasteiger partial charge >= 0.3 is 11.9 Å². The lowest BCUT2D eigenvalue weighted by Gasteiger charge is -2.06. The van der Waals surface area contributed by atoms with Crippen LogP contribution in [0, 0.1) is 0 Å². The fourth-order valence-electron chi connectivity index (χ4n) is 1.30. The minimum Gasteiger partial charge on any atom is -0.464 e. The number of hydrogen-bond donors (Lipinski definition) is 0. The Morgan fingerprint density at radius 2 is 1.94 bits per heavy atom. The fraction of sp³-hybridized carbons (Fsp3) is 0.250. The van der Waals surface area contributed by atoms with Crippen molar-refractivity contribution < 1.29 is 19.1 Å². The highest BCUT2D eigenvalue weighted by molar-refractivity contribution is 5.92. The number of ether oxygens (including phenoxy) is 2. The number of allylic oxidation sites excluding steroid dienone is 1. The summed E-state index contributed by atoms with van der Waals surface area (Å²) >= 11 is 0. The van der Waals surface area contributed by atoms with Crippen LogP contribution in [-0.4, -0.2) is 31.1 Å². The van der Waals surface area contributed by atoms with Crippen molar-refractivity contribution in [2.75, 3.05) is 14.2 Å². The molecule has 0 aromatic carbocycles. The third-order valence-corrected chi connectivity index (χ3v) is 2.12. The molecule has 0 unspecified atom stereocenters. The topological polar surface area (TPSA) is 65.5 Å². The van der Waals surface area contributed by atoms with Crippen LogP contribution in [0.3, 0.4) is 0 Å². The Kier molecular flexibility index (Phi) is 4.39. The van der Waals surface area contributed by atoms with Crippen molar-refractivity contribution in [3.8, 4) is 0 Å². The summed E-state index contributed by atoms with van der Waals surface area (Å²) in [5, 5.41) is 0. The van der Waals surface area contributed by atoms with Crippen molar-refractivity contribution in [3.05, 3.63) is 41.7 Å². The summed E-state index contributed by atoms with van der Waals surface area (Å²) in [6.07, 6.45) is 2.11. The van der Waals surface area contributed by atoms with Crippen LogP contribution < -0.4 is 0 Å². The van der Waals surface area contributed by atoms with Gasteiger partial charge in [0, 0.05) is 0 Å². The van der Waals surface area contributed by atoms with Gasteiger partial charge in [-0.1, -0.05) is 12.1 Å². The lowest BCUT2D eigenvalue weighted by atomic mass is 10.1. The summed E-state index contributed by atoms with van der Waals surface area (Å²) in [5.41, 5.74) is 0.829. The van der Waals surface area contributed by atoms with Crippen LogP contribution in [-0.2, 0) is 15.9 Å². The zero-order chi connectivity index (χ0) is 12.8. The molecule has 0 bridgehead atoms. The van der Waals surface area contributed by atoms with E-state index in [2.05, 4.69) is 21.0 Å². The van der Waals surface area contributed by atoms with Crippen LogP contribution in [0.1, 0.15) is 26.5 Å². The normalized spacial score (nSPS) is 9.53. The molecule has 0 atom stereocenters. The van der Waals surface area contributed by atoms with Gasteiger partial charge in [0.1, 0.15) is 5.69 Å². The summed E-state index contributed by atoms with van der Waals surface area (Å²) in [6, 6.07) is 3.13. The van der Waals surface area contributed by atoms with Crippen molar-refractivity contribution in [3.63, 3.8) is 0 Å². The molecule has 0 spiro atoms. The first-order valence-corrected chi connectivity index (χ1v) is 4.91. The van der Waals surface area contributed by atoms with Gasteiger partial charge in [0.15, 0.2) is 5.69 Å². The molecule has 0 amide bonds. The molecule has 0 aliphatic rings. The monoisotopic (exact) mass is 235 g/mol. The molecule has 0 aliphatic heterocycles. The standard InChI is InChI=1S/C12H13NO4/c1-4-5-8-6-7-9(11(14)16-2)13-10(8)12(15)17-3/h4,6-7H,1,5H2,2-3H3. The quantitative estimate of drug-likeness (QED) is 0.582. The van der Waals surface area contributed by atoms with E-state index in [1.807, 2.05) is 0 Å². The lowest BCUT2D eigenvalue weighted by Crippen LogP contribution is -2.13. The fourth-order valence-corrected chi connectivity index (χ4v) is 1.30. The van der Waals surface area contributed by atoms with Crippen LogP contribution in [0.15, 0.2) is 24.8 Å². The minimum atomic E-state index is -0.597. The molecular formula is C12H13NO4. The molecule has 1 aromatic heterocycles. The SMILES string of the molecule is C=CCc1ccc(C(=O)OC)nc1C(=O)OC. The average Bonchev–Trinajstić information content (AvgIpc) is 2.37. The zero-order valence-electron chi connectivity index (χ0n) is 9.73. The smallest absolute Gasteiger partial charge is 0.356 e. The average molecular weight is 235 g/mol. The van der Waals surface area contributed by atoms with E-state index in [-0.39, 0.29) is 11.4 Å². The summed E-state index contributed by atoms with van der Waals surface area (Å²) in [7, 11) is 2.51. The van der Waals surface area contributed by atoms with Crippen LogP contribution in [0.4, 0.5) is 0 Å². The molecule has 0 fully saturated rings. The molecule has 90 valence electrons. The summed E-state index contributed by atoms with van der Waals surface area (Å²) in [4.78, 5) is 26.7. The maximum Gasteiger partial charge on any atom is 0.356 e. The van der Waals surface area contributed by atoms with Gasteiger partial charge in [-0.05, 0) is 18.1 Å². The van der Waals surface area contributed by atoms with E-state index in [9.17, 15) is 9.59 Å². The predicted molar refractivity (Wildman–Crippen MR) is 60.8 cm³/mol. The second-order valence-electron chi connectivity index (χ2n) is 3.18. The van der Waals surface area contributed by atoms with Gasteiger partial charge in [0.2, 0.25) is 0 Å². The highest BCUT2D eigenvalue weighted by Gasteiger charge is 2.17. The van der Waals surface area contributed by atoms with E-state index in [0.29, 0.717) is 12.0 Å². The Balaban J connectivity index is 3.23. The van der Waals surface area contributed by atoms with Gasteiger partial charge in [0.25, 0.3) is 0 Å². The molecule has 5 heteroatoms. The first-order valence-electron chi connectivity index (χ1n) is 4.91. The Morgan fingerprint density at radius 1 is 1.29 bits per heavy atom. The van der Waals surface area contributed by atoms with E-state index in [1.54, 1.807) is 12.1 Å². The van der Waals surface area contributed by atoms with Gasteiger partial charge in [-0.25, -0.2) is 14.6 Å². The number of pyridine rings is 1. The molecule has 0 saturated heterocycles. The maximum absolute atomic E-state index is 11.5. The number of hydrogen-bond acceptors (Lipinski definition) is 5. The van der Waals surface area contributed by atoms with Crippen molar-refractivity contribution in [2.45, 2.75) is 6.42 Å². The van der Waals surface area contributed by atoms with Crippen LogP contribution in [0.2, 0.25) is 0 Å². The van der Waals surface area contributed by atoms with Gasteiger partial charge in [-0.2, -0.15) is 0 Å². The number of aromatic nitrogens is 1. The molecule has 0 radical (unpaired) electrons. The van der Waals surface area contributed by atoms with Crippen LogP contribution in [0.5, 0.6) is 0 Å². The number of rotatable bonds is 4. The predicted octanol–water partition coefficient (Wildman–Crippen LogP) is 1.38. The van der Waals surface area contributed by atoms with Gasteiger partial charge in [-0.3, -0.25) is 0 Å². The van der Waals surface area contributed by atoms with E-state index in [4.69, 9.17) is 0 Å². The van der Waals surface area contributed by atoms with E-state index < -0.39 is 11.9 Å². The van der Waals surface area contributed by atoms with E-state index in [1.165, 1.54) is 20.3 Å². The zero-order valence-corrected chi connectivity index (χ0v) is 9.73. The van der Waals surface area contributed by atoms with Crippen LogP contribution in [0.25, 0.3) is 0 Å². The van der Waals surface area contributed by atoms with E-state index >= 15 is 0 Å². The summed E-state index contributed by atoms with van der Waals surface area (Å²) < 4.78 is 9.13. The number of methoxy groups -OCH3 is 2. The molecule has 1 rings (SSSR count). The Hall–Kier alpha value is -2.17. The summed E-state index contributed by atoms with van der Waals surface area (Å²) in [5.74, 6) is -1.19. The first kappa shape index (κ1) is 12.9. The second-order valence-corrected chi connectivity index (χ2v) is 3.18. The number of carbonyl (C=O) groups is 2. The summed E-state index contributed by atoms with van der Waals surface area (Å²) in [6.45, 7) is 3.58. The minimum absolute atomic E-state index is 0.0701. The van der Waals surface area contributed by atoms with Gasteiger partial charge in [-0.15, -0.1) is 6.58 Å². The maximum atomic E-state index is 11.5. The largest absolute Gasteiger partial charge is 0.464 e. The van der Waals surface area contributed by atoms with Crippen molar-refractivity contribution in [1.29, 1.82) is 0 Å². The molecule has 17 heavy (non-hydrogen) atoms. The van der Waals surface area contributed by atoms with Crippen molar-refractivity contribution >= 4 is 11.9 Å². The van der Waals surface area contributed by atoms with Crippen LogP contribution >= 0.6 is 0 Å². The third-order valence-electron chi connectivity index (χ3n) is 2.12. The molecule has 0 N–H and O–H groups in total. The molecule has 1 aromatic rings. The van der Waals surface area contributed by atoms with Crippen molar-refractivity contribution in [2.24, 2.45) is 0 Å². The molecule has 0 saturated carbocycles. The molecular weight excluding hydrogens is 222 g/mol. The number of nitrogens with zero attached hydrogens (tertiary/aromatic N) is 1. The highest BCUT2D eigenvalue weighted by atomic mass is 16.5. The van der Waals surface area contributed by atoms with E-state index in [0.717, 1.165) is 0 Å². The number of esters is 2. The Morgan fingerprint density at radius 3 is 2.47 bits per heavy atom. The lowest BCUT2D eigenvalue weighted by molar-refractivity contribution is 0.0585. The molecule has 5 nitrogen and oxygen atoms in total. The number of carbonyl (C=O) groups excluding carboxylic acids is 2. The Bertz CT molecular complexity index is 454. The highest BCUT2D eigenvalue weighted by Crippen LogP contribution is 2.11. The van der Waals surface area contributed by atoms with Gasteiger partial charge < -0.3 is 9.47 Å². The molecule has 1 heterocycles. The first-order chi connectivity index (χ1) is 8.13. The molecule has 0 aliphatic carbocycles. The van der Waals surface area contributed by atoms with Crippen molar-refractivity contribution in [1.82, 2.24) is 4.98 Å². The third kappa shape index (κ3) is 2.90. The van der Waals surface area contributed by atoms with Gasteiger partial charge in [0.05, 0.1) is 14.2 Å².